The summed E-state index contributed by atoms with van der Waals surface area (Å²) in [6, 6.07) is 3.81. The van der Waals surface area contributed by atoms with Gasteiger partial charge in [0.2, 0.25) is 10.0 Å². The molecule has 0 unspecified atom stereocenters. The van der Waals surface area contributed by atoms with Crippen molar-refractivity contribution in [1.29, 1.82) is 0 Å². The molecule has 0 amide bonds. The van der Waals surface area contributed by atoms with Crippen LogP contribution in [0.3, 0.4) is 0 Å². The lowest BCUT2D eigenvalue weighted by atomic mass is 10.2. The van der Waals surface area contributed by atoms with Gasteiger partial charge >= 0.3 is 5.97 Å². The van der Waals surface area contributed by atoms with Gasteiger partial charge in [-0.1, -0.05) is 6.42 Å². The first-order valence-electron chi connectivity index (χ1n) is 6.38. The van der Waals surface area contributed by atoms with Gasteiger partial charge in [0.15, 0.2) is 0 Å². The highest BCUT2D eigenvalue weighted by Gasteiger charge is 2.29. The molecule has 0 aromatic heterocycles. The van der Waals surface area contributed by atoms with Crippen LogP contribution in [0.15, 0.2) is 23.1 Å². The van der Waals surface area contributed by atoms with E-state index in [0.717, 1.165) is 19.3 Å². The third kappa shape index (κ3) is 2.78. The van der Waals surface area contributed by atoms with Crippen LogP contribution in [0.5, 0.6) is 5.75 Å². The predicted octanol–water partition coefficient (Wildman–Crippen LogP) is 1.57. The third-order valence-corrected chi connectivity index (χ3v) is 5.28. The van der Waals surface area contributed by atoms with E-state index in [-0.39, 0.29) is 16.2 Å². The molecule has 1 aromatic rings. The van der Waals surface area contributed by atoms with E-state index >= 15 is 0 Å². The topological polar surface area (TPSA) is 83.9 Å². The summed E-state index contributed by atoms with van der Waals surface area (Å²) in [4.78, 5) is 10.9. The molecule has 0 atom stereocenters. The van der Waals surface area contributed by atoms with Crippen molar-refractivity contribution in [2.24, 2.45) is 0 Å². The van der Waals surface area contributed by atoms with Crippen molar-refractivity contribution < 1.29 is 23.1 Å². The zero-order valence-electron chi connectivity index (χ0n) is 11.2. The van der Waals surface area contributed by atoms with Crippen molar-refractivity contribution >= 4 is 16.0 Å². The molecule has 2 rings (SSSR count). The molecule has 1 aliphatic rings. The highest BCUT2D eigenvalue weighted by molar-refractivity contribution is 7.89. The second-order valence-corrected chi connectivity index (χ2v) is 6.54. The van der Waals surface area contributed by atoms with Crippen LogP contribution in [0, 0.1) is 0 Å². The molecule has 1 aromatic carbocycles. The highest BCUT2D eigenvalue weighted by atomic mass is 32.2. The molecule has 1 fully saturated rings. The minimum atomic E-state index is -3.63. The summed E-state index contributed by atoms with van der Waals surface area (Å²) >= 11 is 0. The predicted molar refractivity (Wildman–Crippen MR) is 72.6 cm³/mol. The first-order valence-corrected chi connectivity index (χ1v) is 7.82. The highest BCUT2D eigenvalue weighted by Crippen LogP contribution is 2.29. The van der Waals surface area contributed by atoms with E-state index in [1.54, 1.807) is 0 Å². The molecule has 6 nitrogen and oxygen atoms in total. The van der Waals surface area contributed by atoms with E-state index in [0.29, 0.717) is 13.1 Å². The minimum absolute atomic E-state index is 0.000515. The molecule has 1 aliphatic heterocycles. The van der Waals surface area contributed by atoms with Crippen molar-refractivity contribution in [3.8, 4) is 5.75 Å². The lowest BCUT2D eigenvalue weighted by Crippen LogP contribution is -2.35. The Hall–Kier alpha value is -1.60. The zero-order valence-corrected chi connectivity index (χ0v) is 12.0. The fraction of sp³-hybridized carbons (Fsp3) is 0.462. The standard InChI is InChI=1S/C13H17NO5S/c1-19-11-9-10(13(15)16)5-6-12(11)20(17,18)14-7-3-2-4-8-14/h5-6,9H,2-4,7-8H2,1H3,(H,15,16). The first-order chi connectivity index (χ1) is 9.46. The third-order valence-electron chi connectivity index (χ3n) is 3.34. The quantitative estimate of drug-likeness (QED) is 0.912. The number of methoxy groups -OCH3 is 1. The number of sulfonamides is 1. The summed E-state index contributed by atoms with van der Waals surface area (Å²) in [5, 5.41) is 8.93. The summed E-state index contributed by atoms with van der Waals surface area (Å²) < 4.78 is 31.6. The number of carbonyl (C=O) groups is 1. The molecule has 0 bridgehead atoms. The first kappa shape index (κ1) is 14.8. The van der Waals surface area contributed by atoms with E-state index in [4.69, 9.17) is 9.84 Å². The number of hydrogen-bond donors (Lipinski definition) is 1. The van der Waals surface area contributed by atoms with Crippen LogP contribution in [-0.2, 0) is 10.0 Å². The normalized spacial score (nSPS) is 16.9. The van der Waals surface area contributed by atoms with Crippen LogP contribution >= 0.6 is 0 Å². The van der Waals surface area contributed by atoms with Gasteiger partial charge in [-0.15, -0.1) is 0 Å². The number of benzene rings is 1. The Kier molecular flexibility index (Phi) is 4.29. The molecular weight excluding hydrogens is 282 g/mol. The second-order valence-electron chi connectivity index (χ2n) is 4.64. The van der Waals surface area contributed by atoms with Crippen molar-refractivity contribution in [3.05, 3.63) is 23.8 Å². The Labute approximate surface area is 118 Å². The van der Waals surface area contributed by atoms with Gasteiger partial charge in [-0.2, -0.15) is 4.31 Å². The molecule has 110 valence electrons. The molecule has 0 saturated carbocycles. The van der Waals surface area contributed by atoms with E-state index in [9.17, 15) is 13.2 Å². The van der Waals surface area contributed by atoms with E-state index in [1.165, 1.54) is 29.6 Å². The van der Waals surface area contributed by atoms with Crippen LogP contribution in [0.2, 0.25) is 0 Å². The van der Waals surface area contributed by atoms with Crippen LogP contribution in [0.25, 0.3) is 0 Å². The minimum Gasteiger partial charge on any atom is -0.495 e. The van der Waals surface area contributed by atoms with Gasteiger partial charge in [0.05, 0.1) is 12.7 Å². The van der Waals surface area contributed by atoms with Crippen LogP contribution in [0.4, 0.5) is 0 Å². The van der Waals surface area contributed by atoms with Crippen LogP contribution in [-0.4, -0.2) is 44.0 Å². The number of rotatable bonds is 4. The number of ether oxygens (including phenoxy) is 1. The number of hydrogen-bond acceptors (Lipinski definition) is 4. The van der Waals surface area contributed by atoms with E-state index < -0.39 is 16.0 Å². The number of carboxylic acid groups (broad SMARTS) is 1. The molecule has 1 heterocycles. The van der Waals surface area contributed by atoms with Crippen molar-refractivity contribution in [1.82, 2.24) is 4.31 Å². The molecular formula is C13H17NO5S. The van der Waals surface area contributed by atoms with Gasteiger partial charge in [0.25, 0.3) is 0 Å². The van der Waals surface area contributed by atoms with Gasteiger partial charge in [-0.05, 0) is 31.0 Å². The smallest absolute Gasteiger partial charge is 0.335 e. The van der Waals surface area contributed by atoms with E-state index in [2.05, 4.69) is 0 Å². The summed E-state index contributed by atoms with van der Waals surface area (Å²) in [6.07, 6.45) is 2.71. The molecule has 0 radical (unpaired) electrons. The maximum absolute atomic E-state index is 12.5. The fourth-order valence-electron chi connectivity index (χ4n) is 2.26. The Morgan fingerprint density at radius 2 is 1.90 bits per heavy atom. The van der Waals surface area contributed by atoms with Crippen LogP contribution < -0.4 is 4.74 Å². The Morgan fingerprint density at radius 1 is 1.25 bits per heavy atom. The summed E-state index contributed by atoms with van der Waals surface area (Å²) in [5.74, 6) is -1.05. The summed E-state index contributed by atoms with van der Waals surface area (Å²) in [5.41, 5.74) is -0.000515. The second kappa shape index (κ2) is 5.80. The zero-order chi connectivity index (χ0) is 14.8. The molecule has 1 N–H and O–H groups in total. The Bertz CT molecular complexity index is 605. The van der Waals surface area contributed by atoms with Crippen molar-refractivity contribution in [2.75, 3.05) is 20.2 Å². The Morgan fingerprint density at radius 3 is 2.45 bits per heavy atom. The molecule has 20 heavy (non-hydrogen) atoms. The van der Waals surface area contributed by atoms with Gasteiger partial charge in [0.1, 0.15) is 10.6 Å². The van der Waals surface area contributed by atoms with Gasteiger partial charge in [-0.3, -0.25) is 0 Å². The maximum atomic E-state index is 12.5. The molecule has 7 heteroatoms. The number of nitrogens with zero attached hydrogens (tertiary/aromatic N) is 1. The maximum Gasteiger partial charge on any atom is 0.335 e. The molecule has 0 aliphatic carbocycles. The summed E-state index contributed by atoms with van der Waals surface area (Å²) in [6.45, 7) is 0.984. The number of carboxylic acids is 1. The lowest BCUT2D eigenvalue weighted by Gasteiger charge is -2.26. The molecule has 1 saturated heterocycles. The Balaban J connectivity index is 2.42. The summed E-state index contributed by atoms with van der Waals surface area (Å²) in [7, 11) is -2.30. The number of piperidine rings is 1. The van der Waals surface area contributed by atoms with Crippen molar-refractivity contribution in [2.45, 2.75) is 24.2 Å². The largest absolute Gasteiger partial charge is 0.495 e. The van der Waals surface area contributed by atoms with Gasteiger partial charge in [0, 0.05) is 13.1 Å². The van der Waals surface area contributed by atoms with Crippen LogP contribution in [0.1, 0.15) is 29.6 Å². The van der Waals surface area contributed by atoms with Crippen molar-refractivity contribution in [3.63, 3.8) is 0 Å². The van der Waals surface area contributed by atoms with Gasteiger partial charge in [-0.25, -0.2) is 13.2 Å². The fourth-order valence-corrected chi connectivity index (χ4v) is 3.91. The van der Waals surface area contributed by atoms with E-state index in [1.807, 2.05) is 0 Å². The SMILES string of the molecule is COc1cc(C(=O)O)ccc1S(=O)(=O)N1CCCCC1. The average molecular weight is 299 g/mol. The average Bonchev–Trinajstić information content (AvgIpc) is 2.47. The monoisotopic (exact) mass is 299 g/mol. The molecule has 0 spiro atoms. The van der Waals surface area contributed by atoms with Gasteiger partial charge < -0.3 is 9.84 Å². The lowest BCUT2D eigenvalue weighted by molar-refractivity contribution is 0.0696. The number of aromatic carboxylic acids is 1.